The summed E-state index contributed by atoms with van der Waals surface area (Å²) in [7, 11) is 1.15. The van der Waals surface area contributed by atoms with Gasteiger partial charge in [-0.15, -0.1) is 0 Å². The average Bonchev–Trinajstić information content (AvgIpc) is 3.34. The van der Waals surface area contributed by atoms with Crippen LogP contribution in [0.1, 0.15) is 271 Å². The smallest absolute Gasteiger partial charge is 0.306 e. The molecule has 0 aromatic carbocycles. The van der Waals surface area contributed by atoms with Gasteiger partial charge in [-0.25, -0.2) is 0 Å². The second-order valence-corrected chi connectivity index (χ2v) is 22.7. The highest BCUT2D eigenvalue weighted by molar-refractivity contribution is 7.45. The highest BCUT2D eigenvalue weighted by atomic mass is 31.2. The van der Waals surface area contributed by atoms with E-state index in [0.717, 1.165) is 64.2 Å². The minimum Gasteiger partial charge on any atom is -0.756 e. The van der Waals surface area contributed by atoms with Gasteiger partial charge in [0.25, 0.3) is 7.82 Å². The number of esters is 2. The van der Waals surface area contributed by atoms with E-state index in [1.807, 2.05) is 21.1 Å². The molecule has 0 N–H and O–H groups in total. The molecule has 2 atom stereocenters. The van der Waals surface area contributed by atoms with Gasteiger partial charge in [-0.05, 0) is 77.0 Å². The molecule has 0 saturated heterocycles. The predicted molar refractivity (Wildman–Crippen MR) is 305 cm³/mol. The molecule has 0 saturated carbocycles. The van der Waals surface area contributed by atoms with Gasteiger partial charge in [0.1, 0.15) is 19.8 Å². The van der Waals surface area contributed by atoms with Crippen molar-refractivity contribution < 1.29 is 42.1 Å². The number of allylic oxidation sites excluding steroid dienone is 10. The van der Waals surface area contributed by atoms with Crippen LogP contribution in [-0.4, -0.2) is 70.0 Å². The van der Waals surface area contributed by atoms with Gasteiger partial charge >= 0.3 is 11.9 Å². The monoisotopic (exact) mass is 1030 g/mol. The number of unbranched alkanes of at least 4 members (excludes halogenated alkanes) is 31. The number of nitrogens with zero attached hydrogens (tertiary/aromatic N) is 1. The second-order valence-electron chi connectivity index (χ2n) is 21.3. The van der Waals surface area contributed by atoms with E-state index in [1.54, 1.807) is 0 Å². The highest BCUT2D eigenvalue weighted by Crippen LogP contribution is 2.38. The summed E-state index contributed by atoms with van der Waals surface area (Å²) in [5.41, 5.74) is 0. The molecule has 10 heteroatoms. The van der Waals surface area contributed by atoms with Crippen molar-refractivity contribution in [1.29, 1.82) is 0 Å². The number of hydrogen-bond donors (Lipinski definition) is 0. The summed E-state index contributed by atoms with van der Waals surface area (Å²) in [6.07, 6.45) is 68.8. The Bertz CT molecular complexity index is 1400. The van der Waals surface area contributed by atoms with Crippen molar-refractivity contribution in [3.63, 3.8) is 0 Å². The molecule has 0 aromatic heterocycles. The van der Waals surface area contributed by atoms with Gasteiger partial charge in [-0.2, -0.15) is 0 Å². The van der Waals surface area contributed by atoms with E-state index in [-0.39, 0.29) is 32.0 Å². The average molecular weight is 1030 g/mol. The molecule has 0 bridgehead atoms. The highest BCUT2D eigenvalue weighted by Gasteiger charge is 2.22. The van der Waals surface area contributed by atoms with Crippen LogP contribution in [0.4, 0.5) is 0 Å². The third kappa shape index (κ3) is 57.0. The Balaban J connectivity index is 3.93. The van der Waals surface area contributed by atoms with Crippen molar-refractivity contribution in [1.82, 2.24) is 0 Å². The zero-order chi connectivity index (χ0) is 52.7. The van der Waals surface area contributed by atoms with E-state index in [2.05, 4.69) is 74.6 Å². The number of carbonyl (C=O) groups excluding carboxylic acids is 2. The Labute approximate surface area is 445 Å². The number of phosphoric acid groups is 1. The van der Waals surface area contributed by atoms with E-state index in [9.17, 15) is 19.0 Å². The lowest BCUT2D eigenvalue weighted by molar-refractivity contribution is -0.870. The molecule has 0 radical (unpaired) electrons. The molecule has 2 unspecified atom stereocenters. The molecule has 0 fully saturated rings. The third-order valence-electron chi connectivity index (χ3n) is 13.0. The van der Waals surface area contributed by atoms with E-state index in [4.69, 9.17) is 18.5 Å². The molecular formula is C62H114NO8P. The van der Waals surface area contributed by atoms with Crippen molar-refractivity contribution in [2.75, 3.05) is 47.5 Å². The number of likely N-dealkylation sites (N-methyl/N-ethyl adjacent to an activating group) is 1. The van der Waals surface area contributed by atoms with Crippen LogP contribution in [0.15, 0.2) is 60.8 Å². The number of hydrogen-bond acceptors (Lipinski definition) is 8. The summed E-state index contributed by atoms with van der Waals surface area (Å²) in [4.78, 5) is 37.7. The normalized spacial score (nSPS) is 13.7. The van der Waals surface area contributed by atoms with Crippen LogP contribution in [0.3, 0.4) is 0 Å². The molecule has 0 amide bonds. The molecule has 0 aromatic rings. The zero-order valence-corrected chi connectivity index (χ0v) is 48.5. The molecule has 0 heterocycles. The maximum Gasteiger partial charge on any atom is 0.306 e. The maximum atomic E-state index is 12.7. The summed E-state index contributed by atoms with van der Waals surface area (Å²) < 4.78 is 34.0. The van der Waals surface area contributed by atoms with Crippen LogP contribution in [0.2, 0.25) is 0 Å². The first-order valence-corrected chi connectivity index (χ1v) is 31.5. The Kier molecular flexibility index (Phi) is 51.8. The predicted octanol–water partition coefficient (Wildman–Crippen LogP) is 18.1. The van der Waals surface area contributed by atoms with Crippen molar-refractivity contribution >= 4 is 19.8 Å². The van der Waals surface area contributed by atoms with Crippen LogP contribution in [-0.2, 0) is 32.7 Å². The van der Waals surface area contributed by atoms with Crippen LogP contribution >= 0.6 is 7.82 Å². The fourth-order valence-electron chi connectivity index (χ4n) is 8.41. The van der Waals surface area contributed by atoms with Gasteiger partial charge in [-0.3, -0.25) is 14.2 Å². The van der Waals surface area contributed by atoms with Crippen LogP contribution in [0.5, 0.6) is 0 Å². The van der Waals surface area contributed by atoms with Gasteiger partial charge in [0, 0.05) is 12.8 Å². The zero-order valence-electron chi connectivity index (χ0n) is 47.6. The number of rotatable bonds is 55. The summed E-state index contributed by atoms with van der Waals surface area (Å²) in [6, 6.07) is 0. The van der Waals surface area contributed by atoms with E-state index in [1.165, 1.54) is 173 Å². The standard InChI is InChI=1S/C62H114NO8P/c1-6-8-10-12-14-16-18-20-21-22-23-24-25-26-27-28-29-30-31-32-33-34-35-36-37-38-39-40-41-43-44-46-48-50-52-54-61(64)68-58-60(59-70-72(66,67)69-57-56-63(3,4)5)71-62(65)55-53-51-49-47-45-42-19-17-15-13-11-9-7-2/h9,11,15,17-18,20,22-23,42,45,60H,6-8,10,12-14,16,19,21,24-41,43-44,46-59H2,1-5H3/b11-9-,17-15-,20-18-,23-22-,45-42-. The topological polar surface area (TPSA) is 111 Å². The minimum atomic E-state index is -4.64. The minimum absolute atomic E-state index is 0.0372. The summed E-state index contributed by atoms with van der Waals surface area (Å²) in [5.74, 6) is -0.861. The molecular weight excluding hydrogens is 918 g/mol. The van der Waals surface area contributed by atoms with Crippen molar-refractivity contribution in [2.45, 2.75) is 277 Å². The van der Waals surface area contributed by atoms with Gasteiger partial charge in [0.15, 0.2) is 6.10 Å². The van der Waals surface area contributed by atoms with Gasteiger partial charge < -0.3 is 27.9 Å². The largest absolute Gasteiger partial charge is 0.756 e. The van der Waals surface area contributed by atoms with Crippen molar-refractivity contribution in [3.8, 4) is 0 Å². The summed E-state index contributed by atoms with van der Waals surface area (Å²) >= 11 is 0. The molecule has 72 heavy (non-hydrogen) atoms. The molecule has 0 aliphatic heterocycles. The molecule has 0 spiro atoms. The number of ether oxygens (including phenoxy) is 2. The second kappa shape index (κ2) is 53.5. The van der Waals surface area contributed by atoms with Crippen LogP contribution in [0.25, 0.3) is 0 Å². The first kappa shape index (κ1) is 69.7. The van der Waals surface area contributed by atoms with Gasteiger partial charge in [0.05, 0.1) is 27.7 Å². The van der Waals surface area contributed by atoms with Crippen molar-refractivity contribution in [3.05, 3.63) is 60.8 Å². The quantitative estimate of drug-likeness (QED) is 0.0195. The first-order chi connectivity index (χ1) is 35.0. The Morgan fingerprint density at radius 3 is 1.19 bits per heavy atom. The Morgan fingerprint density at radius 1 is 0.444 bits per heavy atom. The van der Waals surface area contributed by atoms with Gasteiger partial charge in [-0.1, -0.05) is 242 Å². The van der Waals surface area contributed by atoms with E-state index in [0.29, 0.717) is 17.4 Å². The van der Waals surface area contributed by atoms with E-state index < -0.39 is 26.5 Å². The fraction of sp³-hybridized carbons (Fsp3) is 0.806. The lowest BCUT2D eigenvalue weighted by Crippen LogP contribution is -2.37. The lowest BCUT2D eigenvalue weighted by atomic mass is 10.0. The number of carbonyl (C=O) groups is 2. The number of phosphoric ester groups is 1. The van der Waals surface area contributed by atoms with Crippen LogP contribution in [0, 0.1) is 0 Å². The summed E-state index contributed by atoms with van der Waals surface area (Å²) in [6.45, 7) is 4.09. The first-order valence-electron chi connectivity index (χ1n) is 30.0. The third-order valence-corrected chi connectivity index (χ3v) is 14.0. The van der Waals surface area contributed by atoms with E-state index >= 15 is 0 Å². The molecule has 0 aliphatic carbocycles. The molecule has 0 aliphatic rings. The SMILES string of the molecule is CC/C=C\C/C=C\C/C=C\CCCCCC(=O)OC(COC(=O)CCCCCCCCCCCCCCCCCCCCCCCCC/C=C\C/C=C\CCCCCCC)COP(=O)([O-])OCC[N+](C)(C)C. The lowest BCUT2D eigenvalue weighted by Gasteiger charge is -2.28. The number of quaternary nitrogens is 1. The fourth-order valence-corrected chi connectivity index (χ4v) is 9.14. The maximum absolute atomic E-state index is 12.7. The van der Waals surface area contributed by atoms with Crippen molar-refractivity contribution in [2.24, 2.45) is 0 Å². The molecule has 420 valence electrons. The Hall–Kier alpha value is -2.29. The van der Waals surface area contributed by atoms with Gasteiger partial charge in [0.2, 0.25) is 0 Å². The molecule has 9 nitrogen and oxygen atoms in total. The molecule has 0 rings (SSSR count). The summed E-state index contributed by atoms with van der Waals surface area (Å²) in [5, 5.41) is 0. The Morgan fingerprint density at radius 2 is 0.792 bits per heavy atom. The van der Waals surface area contributed by atoms with Crippen LogP contribution < -0.4 is 4.89 Å².